The van der Waals surface area contributed by atoms with Gasteiger partial charge in [-0.1, -0.05) is 37.3 Å². The van der Waals surface area contributed by atoms with Crippen LogP contribution in [0.25, 0.3) is 22.3 Å². The molecule has 0 spiro atoms. The Bertz CT molecular complexity index is 2550. The van der Waals surface area contributed by atoms with Gasteiger partial charge in [-0.05, 0) is 42.8 Å². The highest BCUT2D eigenvalue weighted by Gasteiger charge is 2.50. The number of nitro groups is 1. The van der Waals surface area contributed by atoms with Crippen molar-refractivity contribution in [2.75, 3.05) is 12.4 Å². The fourth-order valence-electron chi connectivity index (χ4n) is 6.99. The summed E-state index contributed by atoms with van der Waals surface area (Å²) in [6.07, 6.45) is -1.88. The normalized spacial score (nSPS) is 15.1. The fraction of sp³-hybridized carbons (Fsp3) is 0.250. The minimum absolute atomic E-state index is 0.0582. The number of aromatic nitrogens is 2. The number of carbonyl (C=O) groups is 4. The van der Waals surface area contributed by atoms with E-state index in [2.05, 4.69) is 5.32 Å². The molecule has 0 bridgehead atoms. The van der Waals surface area contributed by atoms with Crippen LogP contribution in [0.15, 0.2) is 77.6 Å². The third kappa shape index (κ3) is 7.35. The van der Waals surface area contributed by atoms with Crippen molar-refractivity contribution < 1.29 is 52.5 Å². The first-order chi connectivity index (χ1) is 27.4. The number of nitrogens with zero attached hydrogens (tertiary/aromatic N) is 3. The zero-order chi connectivity index (χ0) is 40.4. The second-order valence-corrected chi connectivity index (χ2v) is 13.1. The number of methoxy groups -OCH3 is 1. The molecule has 1 N–H and O–H groups in total. The standard InChI is InChI=1S/C40H34N4O13/c1-4-40(57-22(2)45)30-16-33-35-27(17-43(33)36(46)29(30)21-53-37(40)47)14-26-15-28(12-13-31(26)41-35)56-39(49)55-20-25-10-7-9-24(18-52-3)34(25)42-38(48)54-19-23-8-5-6-11-32(23)44(50)51/h5-16H,4,17-21H2,1-3H3,(H,42,48)/t40-/m0/s1. The third-order valence-electron chi connectivity index (χ3n) is 9.62. The van der Waals surface area contributed by atoms with Crippen LogP contribution in [0.4, 0.5) is 21.0 Å². The molecule has 0 fully saturated rings. The highest BCUT2D eigenvalue weighted by atomic mass is 16.7. The first-order valence-corrected chi connectivity index (χ1v) is 17.6. The van der Waals surface area contributed by atoms with E-state index in [4.69, 9.17) is 33.4 Å². The predicted octanol–water partition coefficient (Wildman–Crippen LogP) is 6.17. The van der Waals surface area contributed by atoms with Crippen LogP contribution in [-0.4, -0.2) is 45.8 Å². The Morgan fingerprint density at radius 1 is 0.965 bits per heavy atom. The number of carbonyl (C=O) groups excluding carboxylic acids is 4. The number of ether oxygens (including phenoxy) is 6. The van der Waals surface area contributed by atoms with Crippen LogP contribution in [0.2, 0.25) is 0 Å². The topological polar surface area (TPSA) is 214 Å². The zero-order valence-corrected chi connectivity index (χ0v) is 30.8. The predicted molar refractivity (Wildman–Crippen MR) is 199 cm³/mol. The maximum atomic E-state index is 13.7. The third-order valence-corrected chi connectivity index (χ3v) is 9.62. The van der Waals surface area contributed by atoms with Gasteiger partial charge in [0.1, 0.15) is 25.6 Å². The maximum absolute atomic E-state index is 13.7. The lowest BCUT2D eigenvalue weighted by atomic mass is 9.85. The molecule has 17 nitrogen and oxygen atoms in total. The van der Waals surface area contributed by atoms with Crippen molar-refractivity contribution in [2.24, 2.45) is 0 Å². The summed E-state index contributed by atoms with van der Waals surface area (Å²) in [5.74, 6) is -1.30. The monoisotopic (exact) mass is 778 g/mol. The number of benzene rings is 3. The Kier molecular flexibility index (Phi) is 10.4. The van der Waals surface area contributed by atoms with Gasteiger partial charge >= 0.3 is 24.2 Å². The maximum Gasteiger partial charge on any atom is 0.514 e. The van der Waals surface area contributed by atoms with Crippen LogP contribution in [0.5, 0.6) is 5.75 Å². The van der Waals surface area contributed by atoms with Gasteiger partial charge in [0.2, 0.25) is 5.60 Å². The number of nitrogens with one attached hydrogen (secondary N) is 1. The molecule has 0 aliphatic carbocycles. The first kappa shape index (κ1) is 38.1. The average Bonchev–Trinajstić information content (AvgIpc) is 3.55. The average molecular weight is 779 g/mol. The van der Waals surface area contributed by atoms with Crippen molar-refractivity contribution in [1.29, 1.82) is 0 Å². The van der Waals surface area contributed by atoms with Gasteiger partial charge in [-0.2, -0.15) is 0 Å². The number of hydrogen-bond donors (Lipinski definition) is 1. The first-order valence-electron chi connectivity index (χ1n) is 17.6. The molecule has 0 unspecified atom stereocenters. The summed E-state index contributed by atoms with van der Waals surface area (Å²) in [4.78, 5) is 80.1. The van der Waals surface area contributed by atoms with Crippen LogP contribution in [0.1, 0.15) is 53.6 Å². The minimum atomic E-state index is -1.76. The van der Waals surface area contributed by atoms with E-state index in [-0.39, 0.29) is 73.2 Å². The molecule has 3 aromatic carbocycles. The van der Waals surface area contributed by atoms with E-state index >= 15 is 0 Å². The highest BCUT2D eigenvalue weighted by Crippen LogP contribution is 2.41. The van der Waals surface area contributed by atoms with E-state index in [1.807, 2.05) is 6.07 Å². The van der Waals surface area contributed by atoms with E-state index in [9.17, 15) is 34.1 Å². The van der Waals surface area contributed by atoms with E-state index in [1.54, 1.807) is 49.4 Å². The van der Waals surface area contributed by atoms with Gasteiger partial charge in [0.25, 0.3) is 11.2 Å². The van der Waals surface area contributed by atoms with Gasteiger partial charge in [0, 0.05) is 47.7 Å². The lowest BCUT2D eigenvalue weighted by Gasteiger charge is -2.35. The number of anilines is 1. The summed E-state index contributed by atoms with van der Waals surface area (Å²) in [6, 6.07) is 19.1. The molecule has 5 aromatic rings. The summed E-state index contributed by atoms with van der Waals surface area (Å²) in [5.41, 5.74) is 1.72. The SMILES string of the molecule is CC[C@@]1(OC(C)=O)C(=O)OCc2c1cc1n(c2=O)Cc2cc3cc(OC(=O)OCc4cccc(COC)c4NC(=O)OCc4ccccc4[N+](=O)[O-])ccc3nc2-1. The molecule has 292 valence electrons. The molecule has 1 amide bonds. The number of nitro benzene ring substituents is 1. The smallest absolute Gasteiger partial charge is 0.457 e. The van der Waals surface area contributed by atoms with Gasteiger partial charge in [-0.3, -0.25) is 25.0 Å². The molecule has 7 rings (SSSR count). The quantitative estimate of drug-likeness (QED) is 0.0512. The van der Waals surface area contributed by atoms with E-state index in [0.29, 0.717) is 39.0 Å². The van der Waals surface area contributed by atoms with Crippen molar-refractivity contribution in [3.05, 3.63) is 127 Å². The van der Waals surface area contributed by atoms with Crippen molar-refractivity contribution in [2.45, 2.75) is 58.8 Å². The highest BCUT2D eigenvalue weighted by molar-refractivity contribution is 5.89. The number of esters is 2. The van der Waals surface area contributed by atoms with Gasteiger partial charge in [-0.25, -0.2) is 19.4 Å². The van der Waals surface area contributed by atoms with Gasteiger partial charge in [0.05, 0.1) is 51.8 Å². The van der Waals surface area contributed by atoms with Gasteiger partial charge < -0.3 is 33.0 Å². The van der Waals surface area contributed by atoms with Gasteiger partial charge in [0.15, 0.2) is 0 Å². The zero-order valence-electron chi connectivity index (χ0n) is 30.8. The largest absolute Gasteiger partial charge is 0.514 e. The summed E-state index contributed by atoms with van der Waals surface area (Å²) in [6.45, 7) is 2.18. The second kappa shape index (κ2) is 15.5. The van der Waals surface area contributed by atoms with Crippen LogP contribution >= 0.6 is 0 Å². The fourth-order valence-corrected chi connectivity index (χ4v) is 6.99. The molecule has 4 heterocycles. The number of hydrogen-bond acceptors (Lipinski definition) is 14. The summed E-state index contributed by atoms with van der Waals surface area (Å²) < 4.78 is 33.8. The lowest BCUT2D eigenvalue weighted by molar-refractivity contribution is -0.385. The van der Waals surface area contributed by atoms with Crippen LogP contribution < -0.4 is 15.6 Å². The molecule has 0 saturated heterocycles. The summed E-state index contributed by atoms with van der Waals surface area (Å²) >= 11 is 0. The number of para-hydroxylation sites is 2. The number of rotatable bonds is 11. The van der Waals surface area contributed by atoms with Crippen molar-refractivity contribution >= 4 is 46.5 Å². The Hall–Kier alpha value is -7.14. The number of fused-ring (bicyclic) bond motifs is 5. The van der Waals surface area contributed by atoms with Gasteiger partial charge in [-0.15, -0.1) is 0 Å². The van der Waals surface area contributed by atoms with Crippen LogP contribution in [0, 0.1) is 10.1 Å². The molecular formula is C40H34N4O13. The van der Waals surface area contributed by atoms with Crippen LogP contribution in [-0.2, 0) is 71.8 Å². The molecule has 2 aliphatic rings. The minimum Gasteiger partial charge on any atom is -0.457 e. The Labute approximate surface area is 323 Å². The van der Waals surface area contributed by atoms with E-state index in [1.165, 1.54) is 42.9 Å². The molecule has 2 aromatic heterocycles. The molecule has 0 radical (unpaired) electrons. The van der Waals surface area contributed by atoms with Crippen molar-refractivity contribution in [3.8, 4) is 17.1 Å². The van der Waals surface area contributed by atoms with Crippen LogP contribution in [0.3, 0.4) is 0 Å². The van der Waals surface area contributed by atoms with Crippen molar-refractivity contribution in [3.63, 3.8) is 0 Å². The molecule has 57 heavy (non-hydrogen) atoms. The number of pyridine rings is 2. The number of amides is 1. The number of cyclic esters (lactones) is 1. The summed E-state index contributed by atoms with van der Waals surface area (Å²) in [5, 5.41) is 14.6. The lowest BCUT2D eigenvalue weighted by Crippen LogP contribution is -2.47. The Balaban J connectivity index is 1.06. The molecule has 2 aliphatic heterocycles. The van der Waals surface area contributed by atoms with E-state index < -0.39 is 40.3 Å². The van der Waals surface area contributed by atoms with E-state index in [0.717, 1.165) is 0 Å². The Morgan fingerprint density at radius 2 is 1.70 bits per heavy atom. The Morgan fingerprint density at radius 3 is 2.44 bits per heavy atom. The molecule has 0 saturated carbocycles. The molecule has 17 heteroatoms. The molecular weight excluding hydrogens is 744 g/mol. The molecule has 1 atom stereocenters. The second-order valence-electron chi connectivity index (χ2n) is 13.1. The summed E-state index contributed by atoms with van der Waals surface area (Å²) in [7, 11) is 1.47. The van der Waals surface area contributed by atoms with Crippen molar-refractivity contribution in [1.82, 2.24) is 9.55 Å².